The van der Waals surface area contributed by atoms with Crippen molar-refractivity contribution in [2.24, 2.45) is 16.0 Å². The number of primary sulfonamides is 1. The summed E-state index contributed by atoms with van der Waals surface area (Å²) in [5.41, 5.74) is 0.799. The first kappa shape index (κ1) is 18.4. The Bertz CT molecular complexity index is 597. The number of rotatable bonds is 7. The van der Waals surface area contributed by atoms with E-state index in [0.29, 0.717) is 12.5 Å². The van der Waals surface area contributed by atoms with Crippen LogP contribution in [0.2, 0.25) is 0 Å². The van der Waals surface area contributed by atoms with Gasteiger partial charge < -0.3 is 10.6 Å². The molecule has 0 spiro atoms. The van der Waals surface area contributed by atoms with Gasteiger partial charge in [-0.3, -0.25) is 0 Å². The molecule has 0 radical (unpaired) electrons. The highest BCUT2D eigenvalue weighted by atomic mass is 32.2. The number of guanidine groups is 1. The highest BCUT2D eigenvalue weighted by Gasteiger charge is 2.07. The molecule has 1 aromatic rings. The topological polar surface area (TPSA) is 96.6 Å². The molecule has 0 aliphatic rings. The van der Waals surface area contributed by atoms with Crippen molar-refractivity contribution in [3.05, 3.63) is 29.8 Å². The molecule has 22 heavy (non-hydrogen) atoms. The molecule has 0 fully saturated rings. The Labute approximate surface area is 133 Å². The lowest BCUT2D eigenvalue weighted by Crippen LogP contribution is -2.38. The molecule has 0 bridgehead atoms. The van der Waals surface area contributed by atoms with E-state index < -0.39 is 10.0 Å². The van der Waals surface area contributed by atoms with Crippen molar-refractivity contribution in [3.8, 4) is 0 Å². The lowest BCUT2D eigenvalue weighted by Gasteiger charge is -2.12. The van der Waals surface area contributed by atoms with Gasteiger partial charge >= 0.3 is 0 Å². The SMILES string of the molecule is CCNC(=NCc1cccc(S(N)(=O)=O)c1)NCCC(C)C. The Morgan fingerprint density at radius 1 is 1.32 bits per heavy atom. The maximum absolute atomic E-state index is 11.3. The van der Waals surface area contributed by atoms with Crippen LogP contribution in [-0.4, -0.2) is 27.5 Å². The highest BCUT2D eigenvalue weighted by molar-refractivity contribution is 7.89. The molecule has 0 atom stereocenters. The van der Waals surface area contributed by atoms with Gasteiger partial charge in [-0.05, 0) is 37.0 Å². The minimum atomic E-state index is -3.68. The van der Waals surface area contributed by atoms with Gasteiger partial charge in [0.15, 0.2) is 5.96 Å². The molecule has 0 aliphatic carbocycles. The highest BCUT2D eigenvalue weighted by Crippen LogP contribution is 2.10. The van der Waals surface area contributed by atoms with Gasteiger partial charge in [0.05, 0.1) is 11.4 Å². The smallest absolute Gasteiger partial charge is 0.238 e. The average molecular weight is 326 g/mol. The van der Waals surface area contributed by atoms with Gasteiger partial charge in [0.2, 0.25) is 10.0 Å². The van der Waals surface area contributed by atoms with Crippen LogP contribution in [0.5, 0.6) is 0 Å². The first-order valence-corrected chi connectivity index (χ1v) is 9.01. The van der Waals surface area contributed by atoms with Crippen molar-refractivity contribution in [1.82, 2.24) is 10.6 Å². The van der Waals surface area contributed by atoms with Crippen LogP contribution in [0.25, 0.3) is 0 Å². The molecule has 0 saturated carbocycles. The minimum absolute atomic E-state index is 0.109. The second kappa shape index (κ2) is 8.75. The molecule has 4 N–H and O–H groups in total. The van der Waals surface area contributed by atoms with Gasteiger partial charge in [0.1, 0.15) is 0 Å². The summed E-state index contributed by atoms with van der Waals surface area (Å²) in [6, 6.07) is 6.53. The van der Waals surface area contributed by atoms with E-state index in [4.69, 9.17) is 5.14 Å². The van der Waals surface area contributed by atoms with E-state index >= 15 is 0 Å². The summed E-state index contributed by atoms with van der Waals surface area (Å²) < 4.78 is 22.7. The van der Waals surface area contributed by atoms with E-state index in [-0.39, 0.29) is 4.90 Å². The molecule has 6 nitrogen and oxygen atoms in total. The second-order valence-corrected chi connectivity index (χ2v) is 7.06. The fourth-order valence-corrected chi connectivity index (χ4v) is 2.40. The number of benzene rings is 1. The van der Waals surface area contributed by atoms with E-state index in [1.165, 1.54) is 6.07 Å². The number of aliphatic imine (C=N–C) groups is 1. The molecule has 0 heterocycles. The summed E-state index contributed by atoms with van der Waals surface area (Å²) in [6.07, 6.45) is 1.06. The van der Waals surface area contributed by atoms with Crippen LogP contribution >= 0.6 is 0 Å². The van der Waals surface area contributed by atoms with Gasteiger partial charge in [0, 0.05) is 13.1 Å². The third-order valence-corrected chi connectivity index (χ3v) is 3.92. The zero-order valence-electron chi connectivity index (χ0n) is 13.5. The van der Waals surface area contributed by atoms with E-state index in [2.05, 4.69) is 29.5 Å². The third kappa shape index (κ3) is 6.91. The van der Waals surface area contributed by atoms with Crippen LogP contribution in [0.3, 0.4) is 0 Å². The van der Waals surface area contributed by atoms with Crippen LogP contribution in [0.1, 0.15) is 32.8 Å². The van der Waals surface area contributed by atoms with Gasteiger partial charge in [0.25, 0.3) is 0 Å². The summed E-state index contributed by atoms with van der Waals surface area (Å²) in [6.45, 7) is 8.35. The van der Waals surface area contributed by atoms with Gasteiger partial charge in [-0.1, -0.05) is 26.0 Å². The van der Waals surface area contributed by atoms with Crippen LogP contribution in [0, 0.1) is 5.92 Å². The fourth-order valence-electron chi connectivity index (χ4n) is 1.81. The van der Waals surface area contributed by atoms with Crippen molar-refractivity contribution >= 4 is 16.0 Å². The maximum Gasteiger partial charge on any atom is 0.238 e. The molecular formula is C15H26N4O2S. The van der Waals surface area contributed by atoms with Gasteiger partial charge in [-0.25, -0.2) is 18.5 Å². The predicted octanol–water partition coefficient (Wildman–Crippen LogP) is 1.44. The van der Waals surface area contributed by atoms with Crippen molar-refractivity contribution in [2.45, 2.75) is 38.6 Å². The third-order valence-electron chi connectivity index (χ3n) is 3.01. The van der Waals surface area contributed by atoms with Gasteiger partial charge in [-0.15, -0.1) is 0 Å². The Morgan fingerprint density at radius 2 is 2.05 bits per heavy atom. The largest absolute Gasteiger partial charge is 0.357 e. The molecule has 0 unspecified atom stereocenters. The zero-order chi connectivity index (χ0) is 16.6. The fraction of sp³-hybridized carbons (Fsp3) is 0.533. The quantitative estimate of drug-likeness (QED) is 0.522. The molecule has 0 amide bonds. The molecule has 0 saturated heterocycles. The molecule has 1 aromatic carbocycles. The Kier molecular flexibility index (Phi) is 7.34. The lowest BCUT2D eigenvalue weighted by atomic mass is 10.1. The number of sulfonamides is 1. The summed E-state index contributed by atoms with van der Waals surface area (Å²) >= 11 is 0. The molecular weight excluding hydrogens is 300 g/mol. The van der Waals surface area contributed by atoms with Crippen molar-refractivity contribution in [2.75, 3.05) is 13.1 Å². The summed E-state index contributed by atoms with van der Waals surface area (Å²) in [5, 5.41) is 11.6. The maximum atomic E-state index is 11.3. The van der Waals surface area contributed by atoms with Gasteiger partial charge in [-0.2, -0.15) is 0 Å². The van der Waals surface area contributed by atoms with Crippen molar-refractivity contribution < 1.29 is 8.42 Å². The average Bonchev–Trinajstić information content (AvgIpc) is 2.44. The number of nitrogens with two attached hydrogens (primary N) is 1. The standard InChI is InChI=1S/C15H26N4O2S/c1-4-17-15(18-9-8-12(2)3)19-11-13-6-5-7-14(10-13)22(16,20)21/h5-7,10,12H,4,8-9,11H2,1-3H3,(H2,16,20,21)(H2,17,18,19). The summed E-state index contributed by atoms with van der Waals surface area (Å²) in [7, 11) is -3.68. The molecule has 124 valence electrons. The Hall–Kier alpha value is -1.60. The van der Waals surface area contributed by atoms with E-state index in [1.54, 1.807) is 12.1 Å². The number of nitrogens with one attached hydrogen (secondary N) is 2. The second-order valence-electron chi connectivity index (χ2n) is 5.50. The molecule has 1 rings (SSSR count). The monoisotopic (exact) mass is 326 g/mol. The first-order chi connectivity index (χ1) is 10.3. The Morgan fingerprint density at radius 3 is 2.64 bits per heavy atom. The molecule has 0 aliphatic heterocycles. The zero-order valence-corrected chi connectivity index (χ0v) is 14.3. The van der Waals surface area contributed by atoms with Crippen LogP contribution in [-0.2, 0) is 16.6 Å². The Balaban J connectivity index is 2.73. The predicted molar refractivity (Wildman–Crippen MR) is 90.1 cm³/mol. The summed E-state index contributed by atoms with van der Waals surface area (Å²) in [5.74, 6) is 1.35. The number of hydrogen-bond donors (Lipinski definition) is 3. The normalized spacial score (nSPS) is 12.5. The minimum Gasteiger partial charge on any atom is -0.357 e. The van der Waals surface area contributed by atoms with Crippen LogP contribution in [0.4, 0.5) is 0 Å². The van der Waals surface area contributed by atoms with Crippen molar-refractivity contribution in [3.63, 3.8) is 0 Å². The van der Waals surface area contributed by atoms with Crippen LogP contribution in [0.15, 0.2) is 34.2 Å². The van der Waals surface area contributed by atoms with Crippen LogP contribution < -0.4 is 15.8 Å². The van der Waals surface area contributed by atoms with E-state index in [9.17, 15) is 8.42 Å². The van der Waals surface area contributed by atoms with Crippen molar-refractivity contribution in [1.29, 1.82) is 0 Å². The number of nitrogens with zero attached hydrogens (tertiary/aromatic N) is 1. The van der Waals surface area contributed by atoms with E-state index in [0.717, 1.165) is 31.0 Å². The van der Waals surface area contributed by atoms with E-state index in [1.807, 2.05) is 13.0 Å². The first-order valence-electron chi connectivity index (χ1n) is 7.47. The lowest BCUT2D eigenvalue weighted by molar-refractivity contribution is 0.573. The number of hydrogen-bond acceptors (Lipinski definition) is 3. The molecule has 0 aromatic heterocycles. The molecule has 7 heteroatoms. The summed E-state index contributed by atoms with van der Waals surface area (Å²) in [4.78, 5) is 4.57.